The Kier molecular flexibility index (Phi) is 5.23. The highest BCUT2D eigenvalue weighted by Gasteiger charge is 2.15. The highest BCUT2D eigenvalue weighted by Crippen LogP contribution is 2.36. The minimum absolute atomic E-state index is 0.318. The van der Waals surface area contributed by atoms with Gasteiger partial charge in [0, 0.05) is 41.5 Å². The Hall–Kier alpha value is -2.94. The van der Waals surface area contributed by atoms with Crippen molar-refractivity contribution in [3.63, 3.8) is 0 Å². The Labute approximate surface area is 170 Å². The summed E-state index contributed by atoms with van der Waals surface area (Å²) < 4.78 is 35.2. The molecule has 7 nitrogen and oxygen atoms in total. The number of methoxy groups -OCH3 is 2. The van der Waals surface area contributed by atoms with Crippen LogP contribution in [-0.2, 0) is 17.8 Å². The van der Waals surface area contributed by atoms with Gasteiger partial charge in [0.25, 0.3) is 0 Å². The zero-order valence-electron chi connectivity index (χ0n) is 16.3. The third kappa shape index (κ3) is 3.57. The Morgan fingerprint density at radius 3 is 2.45 bits per heavy atom. The Morgan fingerprint density at radius 1 is 1.10 bits per heavy atom. The summed E-state index contributed by atoms with van der Waals surface area (Å²) in [6.45, 7) is 2.38. The molecule has 0 spiro atoms. The maximum atomic E-state index is 10.8. The van der Waals surface area contributed by atoms with Gasteiger partial charge in [0.15, 0.2) is 11.5 Å². The van der Waals surface area contributed by atoms with E-state index >= 15 is 0 Å². The maximum absolute atomic E-state index is 10.8. The van der Waals surface area contributed by atoms with Crippen molar-refractivity contribution in [1.29, 1.82) is 0 Å². The van der Waals surface area contributed by atoms with Gasteiger partial charge in [-0.15, -0.1) is 0 Å². The highest BCUT2D eigenvalue weighted by atomic mass is 32.2. The summed E-state index contributed by atoms with van der Waals surface area (Å²) in [7, 11) is 3.23. The van der Waals surface area contributed by atoms with Crippen LogP contribution in [-0.4, -0.2) is 32.5 Å². The molecule has 1 unspecified atom stereocenters. The number of hydrogen-bond donors (Lipinski definition) is 2. The molecule has 0 saturated heterocycles. The van der Waals surface area contributed by atoms with Crippen LogP contribution in [0.15, 0.2) is 48.8 Å². The first kappa shape index (κ1) is 19.4. The van der Waals surface area contributed by atoms with Gasteiger partial charge in [0.1, 0.15) is 0 Å². The highest BCUT2D eigenvalue weighted by molar-refractivity contribution is 7.77. The fourth-order valence-electron chi connectivity index (χ4n) is 3.50. The predicted octanol–water partition coefficient (Wildman–Crippen LogP) is 3.73. The lowest BCUT2D eigenvalue weighted by atomic mass is 10.1. The third-order valence-electron chi connectivity index (χ3n) is 4.95. The maximum Gasteiger partial charge on any atom is 0.232 e. The smallest absolute Gasteiger partial charge is 0.232 e. The molecule has 8 heteroatoms. The first-order chi connectivity index (χ1) is 14.0. The van der Waals surface area contributed by atoms with E-state index in [4.69, 9.17) is 14.0 Å². The fourth-order valence-corrected chi connectivity index (χ4v) is 3.79. The van der Waals surface area contributed by atoms with E-state index in [-0.39, 0.29) is 0 Å². The molecule has 0 bridgehead atoms. The van der Waals surface area contributed by atoms with Gasteiger partial charge in [-0.3, -0.25) is 9.54 Å². The number of benzene rings is 2. The van der Waals surface area contributed by atoms with Gasteiger partial charge >= 0.3 is 0 Å². The molecule has 4 aromatic rings. The van der Waals surface area contributed by atoms with Crippen LogP contribution in [0.1, 0.15) is 11.1 Å². The number of ether oxygens (including phenoxy) is 2. The number of pyridine rings is 1. The molecule has 0 amide bonds. The average molecular weight is 411 g/mol. The van der Waals surface area contributed by atoms with Crippen LogP contribution in [0, 0.1) is 6.92 Å². The summed E-state index contributed by atoms with van der Waals surface area (Å²) in [6.07, 6.45) is 3.96. The third-order valence-corrected chi connectivity index (χ3v) is 5.34. The molecule has 29 heavy (non-hydrogen) atoms. The van der Waals surface area contributed by atoms with Crippen LogP contribution < -0.4 is 14.2 Å². The number of hydrogen-bond acceptors (Lipinski definition) is 4. The van der Waals surface area contributed by atoms with Gasteiger partial charge in [-0.1, -0.05) is 12.1 Å². The second kappa shape index (κ2) is 7.82. The molecule has 0 saturated carbocycles. The number of nitrogens with zero attached hydrogens (tertiary/aromatic N) is 2. The van der Waals surface area contributed by atoms with Gasteiger partial charge < -0.3 is 14.0 Å². The van der Waals surface area contributed by atoms with Crippen molar-refractivity contribution in [2.75, 3.05) is 14.2 Å². The van der Waals surface area contributed by atoms with Gasteiger partial charge in [-0.25, -0.2) is 8.93 Å². The van der Waals surface area contributed by atoms with E-state index in [1.165, 1.54) is 0 Å². The second-order valence-electron chi connectivity index (χ2n) is 6.66. The lowest BCUT2D eigenvalue weighted by molar-refractivity contribution is 0.356. The van der Waals surface area contributed by atoms with E-state index in [0.717, 1.165) is 38.6 Å². The lowest BCUT2D eigenvalue weighted by Crippen LogP contribution is -2.15. The second-order valence-corrected chi connectivity index (χ2v) is 7.45. The molecule has 2 N–H and O–H groups in total. The van der Waals surface area contributed by atoms with Crippen LogP contribution in [0.2, 0.25) is 0 Å². The summed E-state index contributed by atoms with van der Waals surface area (Å²) in [5, 5.41) is 2.03. The first-order valence-corrected chi connectivity index (χ1v) is 10.1. The molecule has 0 radical (unpaired) electrons. The fraction of sp³-hybridized carbons (Fsp3) is 0.190. The standard InChI is InChI=1S/C21H21N3O4S/c1-13-12-24(15-6-4-14(5-7-15)10-23-29(25)26)21-16-8-19(27-2)20(28-3)9-18(16)22-11-17(13)21/h4-9,11-12,23H,10H2,1-3H3,(H,25,26). The average Bonchev–Trinajstić information content (AvgIpc) is 3.08. The van der Waals surface area contributed by atoms with Gasteiger partial charge in [0.05, 0.1) is 25.3 Å². The molecule has 2 aromatic heterocycles. The largest absolute Gasteiger partial charge is 0.493 e. The van der Waals surface area contributed by atoms with E-state index in [1.54, 1.807) is 14.2 Å². The van der Waals surface area contributed by atoms with E-state index in [9.17, 15) is 4.21 Å². The molecule has 0 aliphatic heterocycles. The number of nitrogens with one attached hydrogen (secondary N) is 1. The molecule has 150 valence electrons. The van der Waals surface area contributed by atoms with Crippen molar-refractivity contribution in [2.24, 2.45) is 0 Å². The van der Waals surface area contributed by atoms with Crippen molar-refractivity contribution in [3.05, 3.63) is 59.9 Å². The normalized spacial score (nSPS) is 12.4. The number of fused-ring (bicyclic) bond motifs is 3. The van der Waals surface area contributed by atoms with Gasteiger partial charge in [0.2, 0.25) is 11.3 Å². The number of aryl methyl sites for hydroxylation is 1. The number of rotatable bonds is 6. The van der Waals surface area contributed by atoms with Crippen molar-refractivity contribution >= 4 is 33.1 Å². The first-order valence-electron chi connectivity index (χ1n) is 8.98. The van der Waals surface area contributed by atoms with Crippen molar-refractivity contribution in [2.45, 2.75) is 13.5 Å². The molecular formula is C21H21N3O4S. The van der Waals surface area contributed by atoms with Gasteiger partial charge in [-0.05, 0) is 36.2 Å². The van der Waals surface area contributed by atoms with Crippen molar-refractivity contribution in [1.82, 2.24) is 14.3 Å². The summed E-state index contributed by atoms with van der Waals surface area (Å²) >= 11 is -2.03. The van der Waals surface area contributed by atoms with E-state index in [2.05, 4.69) is 27.4 Å². The lowest BCUT2D eigenvalue weighted by Gasteiger charge is -2.12. The summed E-state index contributed by atoms with van der Waals surface area (Å²) in [4.78, 5) is 4.61. The Morgan fingerprint density at radius 2 is 1.79 bits per heavy atom. The Bertz CT molecular complexity index is 1220. The summed E-state index contributed by atoms with van der Waals surface area (Å²) in [5.41, 5.74) is 4.88. The summed E-state index contributed by atoms with van der Waals surface area (Å²) in [6, 6.07) is 11.7. The topological polar surface area (TPSA) is 85.6 Å². The Balaban J connectivity index is 1.88. The molecular weight excluding hydrogens is 390 g/mol. The zero-order chi connectivity index (χ0) is 20.5. The molecule has 2 heterocycles. The molecule has 0 aliphatic carbocycles. The van der Waals surface area contributed by atoms with E-state index in [0.29, 0.717) is 18.0 Å². The van der Waals surface area contributed by atoms with Crippen LogP contribution in [0.5, 0.6) is 11.5 Å². The molecule has 0 fully saturated rings. The summed E-state index contributed by atoms with van der Waals surface area (Å²) in [5.74, 6) is 1.29. The predicted molar refractivity (Wildman–Crippen MR) is 114 cm³/mol. The van der Waals surface area contributed by atoms with Crippen LogP contribution in [0.25, 0.3) is 27.5 Å². The quantitative estimate of drug-likeness (QED) is 0.472. The molecule has 2 aromatic carbocycles. The van der Waals surface area contributed by atoms with Crippen LogP contribution in [0.3, 0.4) is 0 Å². The van der Waals surface area contributed by atoms with Crippen LogP contribution >= 0.6 is 0 Å². The van der Waals surface area contributed by atoms with Crippen molar-refractivity contribution < 1.29 is 18.2 Å². The van der Waals surface area contributed by atoms with E-state index < -0.39 is 11.3 Å². The van der Waals surface area contributed by atoms with Crippen LogP contribution in [0.4, 0.5) is 0 Å². The molecule has 1 atom stereocenters. The molecule has 0 aliphatic rings. The molecule has 4 rings (SSSR count). The van der Waals surface area contributed by atoms with Gasteiger partial charge in [-0.2, -0.15) is 0 Å². The minimum Gasteiger partial charge on any atom is -0.493 e. The SMILES string of the molecule is COc1cc2ncc3c(C)cn(-c4ccc(CNS(=O)O)cc4)c3c2cc1OC. The zero-order valence-corrected chi connectivity index (χ0v) is 17.1. The van der Waals surface area contributed by atoms with Crippen molar-refractivity contribution in [3.8, 4) is 17.2 Å². The van der Waals surface area contributed by atoms with E-state index in [1.807, 2.05) is 42.6 Å². The number of aromatic nitrogens is 2. The monoisotopic (exact) mass is 411 g/mol. The minimum atomic E-state index is -2.03.